The van der Waals surface area contributed by atoms with E-state index < -0.39 is 174 Å². The molecule has 6 saturated heterocycles. The molecule has 0 N–H and O–H groups in total. The lowest BCUT2D eigenvalue weighted by Gasteiger charge is -2.52. The summed E-state index contributed by atoms with van der Waals surface area (Å²) in [7, 11) is -6.56. The summed E-state index contributed by atoms with van der Waals surface area (Å²) in [6.07, 6.45) is -12.4. The second-order valence-electron chi connectivity index (χ2n) is 40.7. The van der Waals surface area contributed by atoms with Crippen LogP contribution in [0.25, 0.3) is 20.9 Å². The number of aryl methyl sites for hydroxylation is 1. The van der Waals surface area contributed by atoms with Crippen LogP contribution in [0.1, 0.15) is 166 Å². The highest BCUT2D eigenvalue weighted by Crippen LogP contribution is 2.48. The lowest BCUT2D eigenvalue weighted by Crippen LogP contribution is -2.68. The summed E-state index contributed by atoms with van der Waals surface area (Å²) in [5.74, 6) is -3.58. The van der Waals surface area contributed by atoms with Gasteiger partial charge in [0.1, 0.15) is 37.1 Å². The van der Waals surface area contributed by atoms with Gasteiger partial charge in [-0.1, -0.05) is 356 Å². The summed E-state index contributed by atoms with van der Waals surface area (Å²) in [6.45, 7) is 38.5. The summed E-state index contributed by atoms with van der Waals surface area (Å²) >= 11 is 0. The number of nitrogens with zero attached hydrogens (tertiary/aromatic N) is 6. The van der Waals surface area contributed by atoms with Gasteiger partial charge in [-0.15, -0.1) is 0 Å². The molecule has 0 spiro atoms. The number of esters is 1. The molecule has 6 fully saturated rings. The molecular weight excluding hydrogens is 1770 g/mol. The Morgan fingerprint density at radius 3 is 0.993 bits per heavy atom. The predicted octanol–water partition coefficient (Wildman–Crippen LogP) is 19.7. The van der Waals surface area contributed by atoms with E-state index in [9.17, 15) is 15.9 Å². The van der Waals surface area contributed by atoms with Crippen LogP contribution >= 0.6 is 0 Å². The van der Waals surface area contributed by atoms with Crippen LogP contribution in [0.5, 0.6) is 0 Å². The highest BCUT2D eigenvalue weighted by molar-refractivity contribution is 7.00. The van der Waals surface area contributed by atoms with Gasteiger partial charge in [-0.2, -0.15) is 0 Å². The number of benzene rings is 8. The van der Waals surface area contributed by atoms with Gasteiger partial charge in [-0.3, -0.25) is 4.79 Å². The first-order valence-electron chi connectivity index (χ1n) is 49.6. The topological polar surface area (TPSA) is 281 Å². The Balaban J connectivity index is 0.775. The van der Waals surface area contributed by atoms with Crippen molar-refractivity contribution in [3.05, 3.63) is 286 Å². The number of azide groups is 2. The van der Waals surface area contributed by atoms with E-state index in [0.29, 0.717) is 13.2 Å². The van der Waals surface area contributed by atoms with E-state index in [1.54, 1.807) is 0 Å². The second kappa shape index (κ2) is 48.4. The molecule has 30 atom stereocenters. The SMILES string of the molecule is CC(=O)OCC1O[C@@H](O[C@@H]2C(C)O[C@@H](O[C@@H]3C(CO[Si](c4ccccc4)(c4ccccc4)C(C)(C)C)O[C@@H](O[C@@H]4C(C)O[C@@H](O[C@@H]5C(CO[Si](c6ccccc6)(c6ccccc6)C(C)(C)C)O[C@@H](OCCCCCc6ccccc6)C(C)[C@H]5C)C(C)[C@@H]4OCc4ccccc4)C(N=[N+]=[N-])[C@H]3C)C(C)[C@@H]2OCc2ccccc2)C(N=[N+]=[N-])[C@@H](C)[C@@H]1O[C@@H]1OC(C)[C@@H](C)[C@@H](OCc2ccccc2)C1C. The van der Waals surface area contributed by atoms with Crippen molar-refractivity contribution in [1.82, 2.24) is 0 Å². The molecule has 0 bridgehead atoms. The van der Waals surface area contributed by atoms with E-state index in [0.717, 1.165) is 63.1 Å². The van der Waals surface area contributed by atoms with Gasteiger partial charge in [0.25, 0.3) is 16.6 Å². The zero-order chi connectivity index (χ0) is 97.1. The van der Waals surface area contributed by atoms with E-state index in [2.05, 4.69) is 229 Å². The van der Waals surface area contributed by atoms with Crippen molar-refractivity contribution in [3.8, 4) is 0 Å². The summed E-state index contributed by atoms with van der Waals surface area (Å²) in [5, 5.41) is 12.6. The fraction of sp³-hybridized carbons (Fsp3) is 0.555. The van der Waals surface area contributed by atoms with E-state index in [-0.39, 0.29) is 74.0 Å². The second-order valence-corrected chi connectivity index (χ2v) is 49.3. The smallest absolute Gasteiger partial charge is 0.302 e. The third kappa shape index (κ3) is 24.9. The van der Waals surface area contributed by atoms with Crippen molar-refractivity contribution in [2.45, 2.75) is 315 Å². The summed E-state index contributed by atoms with van der Waals surface area (Å²) in [5.41, 5.74) is 25.8. The minimum absolute atomic E-state index is 0.00342. The van der Waals surface area contributed by atoms with Crippen LogP contribution in [0.3, 0.4) is 0 Å². The maximum absolute atomic E-state index is 12.9. The fourth-order valence-corrected chi connectivity index (χ4v) is 30.4. The van der Waals surface area contributed by atoms with Crippen LogP contribution < -0.4 is 20.7 Å². The first-order chi connectivity index (χ1) is 66.0. The number of hydrogen-bond acceptors (Lipinski definition) is 21. The van der Waals surface area contributed by atoms with E-state index >= 15 is 0 Å². The Morgan fingerprint density at radius 1 is 0.321 bits per heavy atom. The summed E-state index contributed by atoms with van der Waals surface area (Å²) < 4.78 is 130. The molecule has 0 amide bonds. The molecule has 8 aromatic rings. The normalized spacial score (nSPS) is 32.2. The van der Waals surface area contributed by atoms with Crippen molar-refractivity contribution >= 4 is 43.4 Å². The Morgan fingerprint density at radius 2 is 0.635 bits per heavy atom. The molecule has 738 valence electrons. The molecule has 27 heteroatoms. The lowest BCUT2D eigenvalue weighted by atomic mass is 9.84. The largest absolute Gasteiger partial charge is 0.463 e. The van der Waals surface area contributed by atoms with Crippen LogP contribution in [-0.4, -0.2) is 184 Å². The van der Waals surface area contributed by atoms with Gasteiger partial charge in [0.05, 0.1) is 100 Å². The van der Waals surface area contributed by atoms with Gasteiger partial charge >= 0.3 is 5.97 Å². The van der Waals surface area contributed by atoms with Crippen molar-refractivity contribution in [1.29, 1.82) is 0 Å². The minimum atomic E-state index is -3.40. The Hall–Kier alpha value is -8.40. The van der Waals surface area contributed by atoms with Gasteiger partial charge in [0.15, 0.2) is 37.7 Å². The molecule has 0 radical (unpaired) electrons. The molecule has 25 nitrogen and oxygen atoms in total. The van der Waals surface area contributed by atoms with Crippen molar-refractivity contribution in [2.75, 3.05) is 26.4 Å². The van der Waals surface area contributed by atoms with Gasteiger partial charge in [0.2, 0.25) is 0 Å². The molecule has 12 unspecified atom stereocenters. The first kappa shape index (κ1) is 104. The number of unbranched alkanes of at least 4 members (excludes halogenated alkanes) is 2. The minimum Gasteiger partial charge on any atom is -0.463 e. The maximum Gasteiger partial charge on any atom is 0.302 e. The van der Waals surface area contributed by atoms with Crippen molar-refractivity contribution in [3.63, 3.8) is 0 Å². The van der Waals surface area contributed by atoms with Crippen LogP contribution in [0.15, 0.2) is 253 Å². The van der Waals surface area contributed by atoms with Gasteiger partial charge in [-0.25, -0.2) is 0 Å². The molecule has 0 saturated carbocycles. The van der Waals surface area contributed by atoms with E-state index in [1.807, 2.05) is 152 Å². The molecule has 0 aliphatic carbocycles. The van der Waals surface area contributed by atoms with Crippen LogP contribution in [0, 0.1) is 47.3 Å². The molecule has 8 aromatic carbocycles. The summed E-state index contributed by atoms with van der Waals surface area (Å²) in [4.78, 5) is 19.9. The zero-order valence-corrected chi connectivity index (χ0v) is 85.1. The third-order valence-corrected chi connectivity index (χ3v) is 39.3. The van der Waals surface area contributed by atoms with E-state index in [4.69, 9.17) is 84.6 Å². The predicted molar refractivity (Wildman–Crippen MR) is 531 cm³/mol. The highest BCUT2D eigenvalue weighted by Gasteiger charge is 2.60. The quantitative estimate of drug-likeness (QED) is 0.00861. The average molecular weight is 1910 g/mol. The number of hydrogen-bond donors (Lipinski definition) is 0. The van der Waals surface area contributed by atoms with Gasteiger partial charge < -0.3 is 84.6 Å². The van der Waals surface area contributed by atoms with Crippen LogP contribution in [0.2, 0.25) is 10.1 Å². The molecule has 0 aromatic heterocycles. The highest BCUT2D eigenvalue weighted by atomic mass is 28.4. The van der Waals surface area contributed by atoms with E-state index in [1.165, 1.54) is 12.5 Å². The number of carbonyl (C=O) groups is 1. The van der Waals surface area contributed by atoms with Crippen molar-refractivity contribution < 1.29 is 89.4 Å². The lowest BCUT2D eigenvalue weighted by molar-refractivity contribution is -0.370. The number of ether oxygens (including phenoxy) is 16. The first-order valence-corrected chi connectivity index (χ1v) is 53.4. The molecule has 137 heavy (non-hydrogen) atoms. The standard InChI is InChI=1S/C110H146N6O19Si2/c1-70-71(2)103(118-63-45-27-36-48-82-46-28-19-29-47-82)128-91(68-123-136(109(13,14)15,86-55-37-23-38-56-86)87-57-39-24-40-58-87)96(70)131-105-76(7)99(121-65-84-51-32-21-33-52-84)102(79(10)126-105)135-108-94(114-116-112)74(5)98(92(130-108)69-124-137(110(16,17)18,88-59-41-25-42-60-88)89-61-43-26-44-62-89)133-106-77(8)100(122-66-85-53-34-22-35-54-85)101(80(11)127-106)134-107-93(113-115-111)73(4)97(90(129-107)67-119-81(12)117)132-104-75(6)95(72(3)78(9)125-104)120-64-83-49-30-20-31-50-83/h19-26,28-35,37-44,46-47,49-62,70-80,90-108H,27,36,45,48,63-69H2,1-18H3/t70-,71?,72-,73-,74-,75?,76?,77?,78?,79?,80?,90?,91?,92?,93?,94?,95-,96+,97+,98+,99+,100+,101-,102-,103-,104+,105+,106+,107+,108+/m1/s1. The molecule has 6 aliphatic rings. The zero-order valence-electron chi connectivity index (χ0n) is 83.1. The van der Waals surface area contributed by atoms with Crippen molar-refractivity contribution in [2.24, 2.45) is 57.6 Å². The Bertz CT molecular complexity index is 5000. The molecule has 6 aliphatic heterocycles. The maximum atomic E-state index is 12.9. The Labute approximate surface area is 813 Å². The molecule has 14 rings (SSSR count). The van der Waals surface area contributed by atoms with Crippen LogP contribution in [-0.2, 0) is 116 Å². The van der Waals surface area contributed by atoms with Gasteiger partial charge in [0, 0.05) is 52.9 Å². The summed E-state index contributed by atoms with van der Waals surface area (Å²) in [6, 6.07) is 80.7. The van der Waals surface area contributed by atoms with Crippen LogP contribution in [0.4, 0.5) is 0 Å². The number of carbonyl (C=O) groups excluding carboxylic acids is 1. The number of rotatable bonds is 40. The molecular formula is C110H146N6O19Si2. The average Bonchev–Trinajstić information content (AvgIpc) is 0.741. The molecule has 6 heterocycles. The Kier molecular flexibility index (Phi) is 36.9. The monoisotopic (exact) mass is 1910 g/mol. The fourth-order valence-electron chi connectivity index (χ4n) is 21.3. The van der Waals surface area contributed by atoms with Gasteiger partial charge in [-0.05, 0) is 122 Å². The third-order valence-electron chi connectivity index (χ3n) is 29.3.